The first-order valence-corrected chi connectivity index (χ1v) is 7.76. The second-order valence-corrected chi connectivity index (χ2v) is 5.82. The van der Waals surface area contributed by atoms with Crippen LogP contribution in [-0.2, 0) is 6.61 Å². The lowest BCUT2D eigenvalue weighted by atomic mass is 9.86. The van der Waals surface area contributed by atoms with Gasteiger partial charge in [-0.25, -0.2) is 0 Å². The van der Waals surface area contributed by atoms with E-state index in [2.05, 4.69) is 0 Å². The van der Waals surface area contributed by atoms with Crippen molar-refractivity contribution in [1.82, 2.24) is 0 Å². The van der Waals surface area contributed by atoms with Crippen molar-refractivity contribution in [3.63, 3.8) is 0 Å². The van der Waals surface area contributed by atoms with Gasteiger partial charge in [-0.1, -0.05) is 24.4 Å². The van der Waals surface area contributed by atoms with Gasteiger partial charge in [-0.2, -0.15) is 0 Å². The van der Waals surface area contributed by atoms with Crippen molar-refractivity contribution in [3.8, 4) is 11.5 Å². The molecule has 7 nitrogen and oxygen atoms in total. The molecule has 0 radical (unpaired) electrons. The third-order valence-corrected chi connectivity index (χ3v) is 4.10. The van der Waals surface area contributed by atoms with Crippen LogP contribution in [0.1, 0.15) is 23.0 Å². The molecule has 1 aliphatic rings. The molecule has 1 atom stereocenters. The molecule has 0 bridgehead atoms. The van der Waals surface area contributed by atoms with Gasteiger partial charge >= 0.3 is 0 Å². The highest BCUT2D eigenvalue weighted by Gasteiger charge is 2.36. The van der Waals surface area contributed by atoms with E-state index in [-0.39, 0.29) is 28.1 Å². The molecule has 0 saturated heterocycles. The molecule has 0 aliphatic carbocycles. The number of hydrogen-bond donors (Lipinski definition) is 3. The van der Waals surface area contributed by atoms with E-state index in [1.807, 2.05) is 0 Å². The maximum Gasteiger partial charge on any atom is 0.228 e. The molecule has 3 rings (SSSR count). The largest absolute Gasteiger partial charge is 0.497 e. The molecule has 0 spiro atoms. The van der Waals surface area contributed by atoms with Gasteiger partial charge in [0.1, 0.15) is 23.1 Å². The van der Waals surface area contributed by atoms with Gasteiger partial charge < -0.3 is 30.5 Å². The van der Waals surface area contributed by atoms with Crippen LogP contribution in [-0.4, -0.2) is 17.2 Å². The summed E-state index contributed by atoms with van der Waals surface area (Å²) in [5.74, 6) is 0.231. The number of benzene rings is 1. The molecular weight excluding hydrogens is 344 g/mol. The summed E-state index contributed by atoms with van der Waals surface area (Å²) in [5.41, 5.74) is 12.4. The lowest BCUT2D eigenvalue weighted by molar-refractivity contribution is 0.232. The fourth-order valence-electron chi connectivity index (χ4n) is 2.74. The summed E-state index contributed by atoms with van der Waals surface area (Å²) < 4.78 is 16.2. The van der Waals surface area contributed by atoms with Gasteiger partial charge in [0, 0.05) is 6.07 Å². The van der Waals surface area contributed by atoms with Gasteiger partial charge in [0.15, 0.2) is 11.6 Å². The zero-order valence-electron chi connectivity index (χ0n) is 13.3. The van der Waals surface area contributed by atoms with Gasteiger partial charge in [0.25, 0.3) is 0 Å². The van der Waals surface area contributed by atoms with Crippen molar-refractivity contribution >= 4 is 17.2 Å². The van der Waals surface area contributed by atoms with Gasteiger partial charge in [-0.3, -0.25) is 4.79 Å². The van der Waals surface area contributed by atoms with Crippen LogP contribution < -0.4 is 26.4 Å². The standard InChI is InChI=1S/C17H16N2O5S/c1-22-9-4-2-8(3-5-9)12-13(17(19)25)16(18)24-14-11(21)6-10(7-20)23-15(12)14/h2-6,12,20H,7,18H2,1H3,(H2,19,25). The van der Waals surface area contributed by atoms with Crippen LogP contribution in [0.25, 0.3) is 0 Å². The van der Waals surface area contributed by atoms with Crippen molar-refractivity contribution in [2.24, 2.45) is 11.5 Å². The van der Waals surface area contributed by atoms with E-state index in [0.29, 0.717) is 11.3 Å². The van der Waals surface area contributed by atoms with Crippen molar-refractivity contribution in [2.45, 2.75) is 12.5 Å². The number of nitrogens with two attached hydrogens (primary N) is 2. The Bertz CT molecular complexity index is 918. The van der Waals surface area contributed by atoms with E-state index >= 15 is 0 Å². The molecule has 0 fully saturated rings. The summed E-state index contributed by atoms with van der Waals surface area (Å²) in [7, 11) is 1.56. The Kier molecular flexibility index (Phi) is 4.47. The Morgan fingerprint density at radius 2 is 2.04 bits per heavy atom. The van der Waals surface area contributed by atoms with Gasteiger partial charge in [-0.05, 0) is 17.7 Å². The minimum atomic E-state index is -0.633. The van der Waals surface area contributed by atoms with Crippen molar-refractivity contribution < 1.29 is 19.0 Å². The van der Waals surface area contributed by atoms with Crippen LogP contribution in [0.15, 0.2) is 51.0 Å². The minimum Gasteiger partial charge on any atom is -0.497 e. The Morgan fingerprint density at radius 1 is 1.36 bits per heavy atom. The molecule has 8 heteroatoms. The Morgan fingerprint density at radius 3 is 2.60 bits per heavy atom. The number of methoxy groups -OCH3 is 1. The summed E-state index contributed by atoms with van der Waals surface area (Å²) in [6.07, 6.45) is 0. The summed E-state index contributed by atoms with van der Waals surface area (Å²) in [5, 5.41) is 9.34. The van der Waals surface area contributed by atoms with Crippen molar-refractivity contribution in [3.05, 3.63) is 69.1 Å². The van der Waals surface area contributed by atoms with Crippen molar-refractivity contribution in [1.29, 1.82) is 0 Å². The average Bonchev–Trinajstić information content (AvgIpc) is 2.61. The molecule has 0 saturated carbocycles. The zero-order valence-corrected chi connectivity index (χ0v) is 14.1. The highest BCUT2D eigenvalue weighted by Crippen LogP contribution is 2.41. The molecule has 5 N–H and O–H groups in total. The number of thiocarbonyl (C=S) groups is 1. The predicted molar refractivity (Wildman–Crippen MR) is 94.4 cm³/mol. The summed E-state index contributed by atoms with van der Waals surface area (Å²) in [4.78, 5) is 12.3. The predicted octanol–water partition coefficient (Wildman–Crippen LogP) is 1.12. The third-order valence-electron chi connectivity index (χ3n) is 3.88. The SMILES string of the molecule is COc1ccc(C2C(C(N)=S)=C(N)Oc3c2oc(CO)cc3=O)cc1. The average molecular weight is 360 g/mol. The fourth-order valence-corrected chi connectivity index (χ4v) is 2.95. The zero-order chi connectivity index (χ0) is 18.1. The number of fused-ring (bicyclic) bond motifs is 1. The molecular formula is C17H16N2O5S. The van der Waals surface area contributed by atoms with E-state index in [0.717, 1.165) is 11.6 Å². The Balaban J connectivity index is 2.26. The molecule has 1 aromatic carbocycles. The van der Waals surface area contributed by atoms with Crippen LogP contribution >= 0.6 is 12.2 Å². The van der Waals surface area contributed by atoms with E-state index < -0.39 is 18.0 Å². The van der Waals surface area contributed by atoms with Crippen LogP contribution in [0.3, 0.4) is 0 Å². The molecule has 1 aromatic heterocycles. The maximum absolute atomic E-state index is 12.3. The minimum absolute atomic E-state index is 0.0287. The number of rotatable bonds is 4. The lowest BCUT2D eigenvalue weighted by Crippen LogP contribution is -2.31. The fraction of sp³-hybridized carbons (Fsp3) is 0.176. The van der Waals surface area contributed by atoms with Crippen LogP contribution in [0.4, 0.5) is 0 Å². The third kappa shape index (κ3) is 2.97. The molecule has 1 aliphatic heterocycles. The van der Waals surface area contributed by atoms with Gasteiger partial charge in [0.2, 0.25) is 11.2 Å². The number of aliphatic hydroxyl groups is 1. The molecule has 0 amide bonds. The first-order chi connectivity index (χ1) is 12.0. The summed E-state index contributed by atoms with van der Waals surface area (Å²) in [6, 6.07) is 8.24. The second-order valence-electron chi connectivity index (χ2n) is 5.38. The highest BCUT2D eigenvalue weighted by molar-refractivity contribution is 7.80. The number of aliphatic hydroxyl groups excluding tert-OH is 1. The van der Waals surface area contributed by atoms with E-state index in [1.165, 1.54) is 0 Å². The van der Waals surface area contributed by atoms with E-state index in [1.54, 1.807) is 31.4 Å². The van der Waals surface area contributed by atoms with Crippen molar-refractivity contribution in [2.75, 3.05) is 7.11 Å². The normalized spacial score (nSPS) is 16.2. The Hall–Kier alpha value is -2.84. The first kappa shape index (κ1) is 17.0. The smallest absolute Gasteiger partial charge is 0.228 e. The number of hydrogen-bond acceptors (Lipinski definition) is 7. The summed E-state index contributed by atoms with van der Waals surface area (Å²) >= 11 is 5.11. The molecule has 25 heavy (non-hydrogen) atoms. The molecule has 1 unspecified atom stereocenters. The van der Waals surface area contributed by atoms with Gasteiger partial charge in [-0.15, -0.1) is 0 Å². The maximum atomic E-state index is 12.3. The molecule has 2 heterocycles. The summed E-state index contributed by atoms with van der Waals surface area (Å²) in [6.45, 7) is -0.431. The van der Waals surface area contributed by atoms with Crippen LogP contribution in [0, 0.1) is 0 Å². The monoisotopic (exact) mass is 360 g/mol. The highest BCUT2D eigenvalue weighted by atomic mass is 32.1. The Labute approximate surface area is 148 Å². The topological polar surface area (TPSA) is 121 Å². The van der Waals surface area contributed by atoms with Crippen LogP contribution in [0.2, 0.25) is 0 Å². The first-order valence-electron chi connectivity index (χ1n) is 7.35. The lowest BCUT2D eigenvalue weighted by Gasteiger charge is -2.27. The van der Waals surface area contributed by atoms with Crippen LogP contribution in [0.5, 0.6) is 11.5 Å². The second kappa shape index (κ2) is 6.58. The number of ether oxygens (including phenoxy) is 2. The molecule has 2 aromatic rings. The molecule has 130 valence electrons. The van der Waals surface area contributed by atoms with Gasteiger partial charge in [0.05, 0.1) is 18.6 Å². The van der Waals surface area contributed by atoms with E-state index in [9.17, 15) is 9.90 Å². The van der Waals surface area contributed by atoms with E-state index in [4.69, 9.17) is 37.6 Å². The quantitative estimate of drug-likeness (QED) is 0.694.